The fourth-order valence-corrected chi connectivity index (χ4v) is 1.91. The molecule has 0 saturated carbocycles. The van der Waals surface area contributed by atoms with E-state index in [9.17, 15) is 13.2 Å². The first-order valence-corrected chi connectivity index (χ1v) is 6.19. The maximum atomic E-state index is 12.6. The van der Waals surface area contributed by atoms with E-state index in [1.807, 2.05) is 0 Å². The normalized spacial score (nSPS) is 13.9. The van der Waals surface area contributed by atoms with Crippen LogP contribution in [0.3, 0.4) is 0 Å². The van der Waals surface area contributed by atoms with Crippen LogP contribution in [0.1, 0.15) is 43.9 Å². The Balaban J connectivity index is 2.86. The predicted octanol–water partition coefficient (Wildman–Crippen LogP) is 4.40. The standard InChI is InChI=1S/C14H20F3N/c1-10(2)7-8-13(18-3)11-5-4-6-12(9-11)14(15,16)17/h4-6,9-10,13,18H,7-8H2,1-3H3. The number of benzene rings is 1. The van der Waals surface area contributed by atoms with Crippen LogP contribution in [-0.4, -0.2) is 7.05 Å². The molecule has 0 bridgehead atoms. The molecule has 1 atom stereocenters. The fraction of sp³-hybridized carbons (Fsp3) is 0.571. The van der Waals surface area contributed by atoms with Crippen LogP contribution in [0.25, 0.3) is 0 Å². The zero-order chi connectivity index (χ0) is 13.8. The van der Waals surface area contributed by atoms with E-state index in [0.717, 1.165) is 18.9 Å². The quantitative estimate of drug-likeness (QED) is 0.826. The largest absolute Gasteiger partial charge is 0.416 e. The molecule has 0 aliphatic rings. The Labute approximate surface area is 106 Å². The zero-order valence-electron chi connectivity index (χ0n) is 11.0. The number of hydrogen-bond acceptors (Lipinski definition) is 1. The van der Waals surface area contributed by atoms with Crippen molar-refractivity contribution in [3.63, 3.8) is 0 Å². The molecule has 0 radical (unpaired) electrons. The summed E-state index contributed by atoms with van der Waals surface area (Å²) in [6.45, 7) is 4.22. The van der Waals surface area contributed by atoms with E-state index in [-0.39, 0.29) is 6.04 Å². The Kier molecular flexibility index (Phi) is 5.20. The SMILES string of the molecule is CNC(CCC(C)C)c1cccc(C(F)(F)F)c1. The molecule has 0 aromatic heterocycles. The van der Waals surface area contributed by atoms with Gasteiger partial charge >= 0.3 is 6.18 Å². The number of halogens is 3. The van der Waals surface area contributed by atoms with Crippen molar-refractivity contribution in [2.75, 3.05) is 7.05 Å². The van der Waals surface area contributed by atoms with Crippen LogP contribution in [-0.2, 0) is 6.18 Å². The Bertz CT molecular complexity index is 372. The third-order valence-electron chi connectivity index (χ3n) is 3.00. The summed E-state index contributed by atoms with van der Waals surface area (Å²) in [5.74, 6) is 0.548. The molecule has 0 aliphatic heterocycles. The highest BCUT2D eigenvalue weighted by Crippen LogP contribution is 2.31. The molecule has 4 heteroatoms. The van der Waals surface area contributed by atoms with Gasteiger partial charge in [0.15, 0.2) is 0 Å². The van der Waals surface area contributed by atoms with E-state index >= 15 is 0 Å². The highest BCUT2D eigenvalue weighted by atomic mass is 19.4. The third-order valence-corrected chi connectivity index (χ3v) is 3.00. The molecule has 0 amide bonds. The van der Waals surface area contributed by atoms with Crippen molar-refractivity contribution < 1.29 is 13.2 Å². The van der Waals surface area contributed by atoms with Crippen LogP contribution < -0.4 is 5.32 Å². The minimum atomic E-state index is -4.27. The van der Waals surface area contributed by atoms with Gasteiger partial charge in [0, 0.05) is 6.04 Å². The average molecular weight is 259 g/mol. The highest BCUT2D eigenvalue weighted by molar-refractivity contribution is 5.28. The summed E-state index contributed by atoms with van der Waals surface area (Å²) in [4.78, 5) is 0. The van der Waals surface area contributed by atoms with Gasteiger partial charge in [0.1, 0.15) is 0 Å². The molecule has 1 N–H and O–H groups in total. The van der Waals surface area contributed by atoms with Crippen molar-refractivity contribution >= 4 is 0 Å². The highest BCUT2D eigenvalue weighted by Gasteiger charge is 2.30. The summed E-state index contributed by atoms with van der Waals surface area (Å²) in [5, 5.41) is 3.09. The van der Waals surface area contributed by atoms with Gasteiger partial charge in [0.05, 0.1) is 5.56 Å². The molecule has 1 aromatic carbocycles. The van der Waals surface area contributed by atoms with Crippen LogP contribution in [0.4, 0.5) is 13.2 Å². The van der Waals surface area contributed by atoms with Gasteiger partial charge in [-0.2, -0.15) is 13.2 Å². The van der Waals surface area contributed by atoms with E-state index in [2.05, 4.69) is 19.2 Å². The average Bonchev–Trinajstić information content (AvgIpc) is 2.29. The van der Waals surface area contributed by atoms with Crippen molar-refractivity contribution in [3.05, 3.63) is 35.4 Å². The second-order valence-corrected chi connectivity index (χ2v) is 4.94. The van der Waals surface area contributed by atoms with Gasteiger partial charge in [-0.1, -0.05) is 26.0 Å². The van der Waals surface area contributed by atoms with Crippen LogP contribution in [0, 0.1) is 5.92 Å². The molecule has 102 valence electrons. The van der Waals surface area contributed by atoms with Crippen molar-refractivity contribution in [2.45, 2.75) is 38.9 Å². The summed E-state index contributed by atoms with van der Waals surface area (Å²) in [5.41, 5.74) is 0.123. The molecule has 1 rings (SSSR count). The second kappa shape index (κ2) is 6.23. The summed E-state index contributed by atoms with van der Waals surface area (Å²) in [6.07, 6.45) is -2.44. The van der Waals surface area contributed by atoms with Crippen molar-refractivity contribution in [2.24, 2.45) is 5.92 Å². The van der Waals surface area contributed by atoms with Gasteiger partial charge in [-0.3, -0.25) is 0 Å². The smallest absolute Gasteiger partial charge is 0.313 e. The lowest BCUT2D eigenvalue weighted by molar-refractivity contribution is -0.137. The first-order chi connectivity index (χ1) is 8.34. The molecule has 0 aliphatic carbocycles. The Hall–Kier alpha value is -1.03. The van der Waals surface area contributed by atoms with Gasteiger partial charge in [0.2, 0.25) is 0 Å². The Morgan fingerprint density at radius 2 is 1.83 bits per heavy atom. The molecule has 0 spiro atoms. The number of rotatable bonds is 5. The van der Waals surface area contributed by atoms with Gasteiger partial charge in [-0.15, -0.1) is 0 Å². The van der Waals surface area contributed by atoms with E-state index in [4.69, 9.17) is 0 Å². The first-order valence-electron chi connectivity index (χ1n) is 6.19. The Morgan fingerprint density at radius 3 is 2.33 bits per heavy atom. The van der Waals surface area contributed by atoms with Crippen molar-refractivity contribution in [1.82, 2.24) is 5.32 Å². The van der Waals surface area contributed by atoms with Crippen molar-refractivity contribution in [3.8, 4) is 0 Å². The van der Waals surface area contributed by atoms with E-state index in [1.165, 1.54) is 12.1 Å². The van der Waals surface area contributed by atoms with Crippen LogP contribution in [0.2, 0.25) is 0 Å². The lowest BCUT2D eigenvalue weighted by Crippen LogP contribution is -2.18. The van der Waals surface area contributed by atoms with Gasteiger partial charge in [0.25, 0.3) is 0 Å². The lowest BCUT2D eigenvalue weighted by atomic mass is 9.96. The van der Waals surface area contributed by atoms with E-state index in [0.29, 0.717) is 11.5 Å². The van der Waals surface area contributed by atoms with Crippen LogP contribution in [0.5, 0.6) is 0 Å². The number of alkyl halides is 3. The van der Waals surface area contributed by atoms with Crippen molar-refractivity contribution in [1.29, 1.82) is 0 Å². The molecular formula is C14H20F3N. The fourth-order valence-electron chi connectivity index (χ4n) is 1.91. The number of hydrogen-bond donors (Lipinski definition) is 1. The molecule has 1 aromatic rings. The summed E-state index contributed by atoms with van der Waals surface area (Å²) in [7, 11) is 1.78. The van der Waals surface area contributed by atoms with Crippen LogP contribution in [0.15, 0.2) is 24.3 Å². The van der Waals surface area contributed by atoms with Gasteiger partial charge in [-0.25, -0.2) is 0 Å². The first kappa shape index (κ1) is 15.0. The van der Waals surface area contributed by atoms with E-state index in [1.54, 1.807) is 13.1 Å². The maximum Gasteiger partial charge on any atom is 0.416 e. The molecule has 1 unspecified atom stereocenters. The number of nitrogens with one attached hydrogen (secondary N) is 1. The lowest BCUT2D eigenvalue weighted by Gasteiger charge is -2.19. The monoisotopic (exact) mass is 259 g/mol. The topological polar surface area (TPSA) is 12.0 Å². The minimum absolute atomic E-state index is 0.0188. The molecule has 18 heavy (non-hydrogen) atoms. The molecule has 0 heterocycles. The summed E-state index contributed by atoms with van der Waals surface area (Å²) >= 11 is 0. The minimum Gasteiger partial charge on any atom is -0.313 e. The third kappa shape index (κ3) is 4.33. The maximum absolute atomic E-state index is 12.6. The molecular weight excluding hydrogens is 239 g/mol. The summed E-state index contributed by atoms with van der Waals surface area (Å²) in [6, 6.07) is 5.55. The van der Waals surface area contributed by atoms with E-state index < -0.39 is 11.7 Å². The molecule has 0 saturated heterocycles. The molecule has 1 nitrogen and oxygen atoms in total. The second-order valence-electron chi connectivity index (χ2n) is 4.94. The molecule has 0 fully saturated rings. The zero-order valence-corrected chi connectivity index (χ0v) is 11.0. The Morgan fingerprint density at radius 1 is 1.17 bits per heavy atom. The predicted molar refractivity (Wildman–Crippen MR) is 67.3 cm³/mol. The summed E-state index contributed by atoms with van der Waals surface area (Å²) < 4.78 is 37.9. The van der Waals surface area contributed by atoms with Crippen LogP contribution >= 0.6 is 0 Å². The van der Waals surface area contributed by atoms with Gasteiger partial charge < -0.3 is 5.32 Å². The van der Waals surface area contributed by atoms with Gasteiger partial charge in [-0.05, 0) is 43.5 Å².